The van der Waals surface area contributed by atoms with E-state index < -0.39 is 0 Å². The van der Waals surface area contributed by atoms with Crippen molar-refractivity contribution in [2.75, 3.05) is 0 Å². The van der Waals surface area contributed by atoms with Gasteiger partial charge in [0, 0.05) is 11.6 Å². The first-order valence-electron chi connectivity index (χ1n) is 4.37. The number of Topliss-reactive ketones (excluding diaryl/α,β-unsaturated/α-hetero) is 1. The average Bonchev–Trinajstić information content (AvgIpc) is 2.01. The highest BCUT2D eigenvalue weighted by molar-refractivity contribution is 5.95. The second-order valence-corrected chi connectivity index (χ2v) is 3.46. The van der Waals surface area contributed by atoms with Gasteiger partial charge >= 0.3 is 0 Å². The van der Waals surface area contributed by atoms with Gasteiger partial charge in [-0.2, -0.15) is 0 Å². The molecule has 3 heteroatoms. The molecule has 0 bridgehead atoms. The van der Waals surface area contributed by atoms with Crippen molar-refractivity contribution in [3.63, 3.8) is 0 Å². The summed E-state index contributed by atoms with van der Waals surface area (Å²) in [5, 5.41) is 0. The van der Waals surface area contributed by atoms with Crippen molar-refractivity contribution in [2.45, 2.75) is 27.7 Å². The summed E-state index contributed by atoms with van der Waals surface area (Å²) in [4.78, 5) is 19.8. The Labute approximate surface area is 78.2 Å². The van der Waals surface area contributed by atoms with Gasteiger partial charge in [0.15, 0.2) is 5.78 Å². The standard InChI is InChI=1S/C10H14N2O/c1-6(2)10(13)9-5-7(3)11-8(4)12-9/h5-6H,1-4H3. The zero-order valence-corrected chi connectivity index (χ0v) is 8.46. The molecule has 0 aliphatic carbocycles. The fraction of sp³-hybridized carbons (Fsp3) is 0.500. The normalized spacial score (nSPS) is 10.5. The van der Waals surface area contributed by atoms with Crippen molar-refractivity contribution < 1.29 is 4.79 Å². The molecule has 0 spiro atoms. The third-order valence-electron chi connectivity index (χ3n) is 1.74. The van der Waals surface area contributed by atoms with Gasteiger partial charge in [-0.3, -0.25) is 4.79 Å². The highest BCUT2D eigenvalue weighted by atomic mass is 16.1. The summed E-state index contributed by atoms with van der Waals surface area (Å²) in [6.07, 6.45) is 0. The number of aromatic nitrogens is 2. The van der Waals surface area contributed by atoms with E-state index in [4.69, 9.17) is 0 Å². The predicted molar refractivity (Wildman–Crippen MR) is 50.7 cm³/mol. The topological polar surface area (TPSA) is 42.9 Å². The van der Waals surface area contributed by atoms with Crippen LogP contribution >= 0.6 is 0 Å². The Bertz CT molecular complexity index is 311. The minimum Gasteiger partial charge on any atom is -0.292 e. The van der Waals surface area contributed by atoms with E-state index >= 15 is 0 Å². The summed E-state index contributed by atoms with van der Waals surface area (Å²) in [5.74, 6) is 0.728. The number of nitrogens with zero attached hydrogens (tertiary/aromatic N) is 2. The largest absolute Gasteiger partial charge is 0.292 e. The molecule has 0 N–H and O–H groups in total. The van der Waals surface area contributed by atoms with E-state index in [2.05, 4.69) is 9.97 Å². The number of hydrogen-bond acceptors (Lipinski definition) is 3. The second kappa shape index (κ2) is 3.64. The molecule has 70 valence electrons. The van der Waals surface area contributed by atoms with Crippen LogP contribution in [0.5, 0.6) is 0 Å². The Morgan fingerprint density at radius 3 is 2.38 bits per heavy atom. The molecule has 0 saturated heterocycles. The maximum atomic E-state index is 11.6. The number of carbonyl (C=O) groups is 1. The molecule has 0 atom stereocenters. The van der Waals surface area contributed by atoms with Gasteiger partial charge in [-0.25, -0.2) is 9.97 Å². The number of ketones is 1. The quantitative estimate of drug-likeness (QED) is 0.650. The SMILES string of the molecule is Cc1cc(C(=O)C(C)C)nc(C)n1. The van der Waals surface area contributed by atoms with Gasteiger partial charge in [-0.15, -0.1) is 0 Å². The van der Waals surface area contributed by atoms with Gasteiger partial charge in [-0.05, 0) is 19.9 Å². The predicted octanol–water partition coefficient (Wildman–Crippen LogP) is 1.93. The summed E-state index contributed by atoms with van der Waals surface area (Å²) in [6, 6.07) is 1.73. The van der Waals surface area contributed by atoms with Crippen LogP contribution in [-0.2, 0) is 0 Å². The van der Waals surface area contributed by atoms with E-state index in [1.165, 1.54) is 0 Å². The molecule has 13 heavy (non-hydrogen) atoms. The molecule has 0 amide bonds. The van der Waals surface area contributed by atoms with Crippen LogP contribution in [-0.4, -0.2) is 15.8 Å². The minimum atomic E-state index is -0.00583. The van der Waals surface area contributed by atoms with E-state index in [0.717, 1.165) is 5.69 Å². The molecule has 0 fully saturated rings. The summed E-state index contributed by atoms with van der Waals surface area (Å²) < 4.78 is 0. The van der Waals surface area contributed by atoms with Crippen LogP contribution in [0.15, 0.2) is 6.07 Å². The van der Waals surface area contributed by atoms with E-state index in [0.29, 0.717) is 11.5 Å². The van der Waals surface area contributed by atoms with Gasteiger partial charge in [-0.1, -0.05) is 13.8 Å². The lowest BCUT2D eigenvalue weighted by Crippen LogP contribution is -2.11. The van der Waals surface area contributed by atoms with Crippen LogP contribution < -0.4 is 0 Å². The van der Waals surface area contributed by atoms with Crippen molar-refractivity contribution in [3.05, 3.63) is 23.3 Å². The Balaban J connectivity index is 3.08. The Morgan fingerprint density at radius 2 is 1.92 bits per heavy atom. The maximum Gasteiger partial charge on any atom is 0.183 e. The number of aryl methyl sites for hydroxylation is 2. The molecule has 1 aromatic rings. The molecular formula is C10H14N2O. The Morgan fingerprint density at radius 1 is 1.31 bits per heavy atom. The monoisotopic (exact) mass is 178 g/mol. The van der Waals surface area contributed by atoms with E-state index in [9.17, 15) is 4.79 Å². The molecule has 0 aliphatic rings. The van der Waals surface area contributed by atoms with Gasteiger partial charge in [0.25, 0.3) is 0 Å². The first-order valence-corrected chi connectivity index (χ1v) is 4.37. The first-order chi connectivity index (χ1) is 6.00. The summed E-state index contributed by atoms with van der Waals surface area (Å²) in [6.45, 7) is 7.40. The molecular weight excluding hydrogens is 164 g/mol. The third-order valence-corrected chi connectivity index (χ3v) is 1.74. The summed E-state index contributed by atoms with van der Waals surface area (Å²) in [5.41, 5.74) is 1.37. The fourth-order valence-electron chi connectivity index (χ4n) is 1.14. The zero-order valence-electron chi connectivity index (χ0n) is 8.46. The molecule has 1 aromatic heterocycles. The van der Waals surface area contributed by atoms with E-state index in [1.807, 2.05) is 20.8 Å². The van der Waals surface area contributed by atoms with Crippen LogP contribution in [0.3, 0.4) is 0 Å². The van der Waals surface area contributed by atoms with Gasteiger partial charge in [0.2, 0.25) is 0 Å². The fourth-order valence-corrected chi connectivity index (χ4v) is 1.14. The van der Waals surface area contributed by atoms with Crippen molar-refractivity contribution in [1.82, 2.24) is 9.97 Å². The van der Waals surface area contributed by atoms with E-state index in [-0.39, 0.29) is 11.7 Å². The summed E-state index contributed by atoms with van der Waals surface area (Å²) >= 11 is 0. The van der Waals surface area contributed by atoms with Crippen LogP contribution in [0.4, 0.5) is 0 Å². The lowest BCUT2D eigenvalue weighted by Gasteiger charge is -2.04. The van der Waals surface area contributed by atoms with Crippen molar-refractivity contribution in [2.24, 2.45) is 5.92 Å². The van der Waals surface area contributed by atoms with Gasteiger partial charge in [0.1, 0.15) is 11.5 Å². The zero-order chi connectivity index (χ0) is 10.0. The molecule has 3 nitrogen and oxygen atoms in total. The molecule has 0 aromatic carbocycles. The highest BCUT2D eigenvalue weighted by Gasteiger charge is 2.12. The molecule has 0 radical (unpaired) electrons. The molecule has 0 unspecified atom stereocenters. The maximum absolute atomic E-state index is 11.6. The second-order valence-electron chi connectivity index (χ2n) is 3.46. The Hall–Kier alpha value is -1.25. The van der Waals surface area contributed by atoms with Gasteiger partial charge < -0.3 is 0 Å². The molecule has 0 saturated carbocycles. The van der Waals surface area contributed by atoms with E-state index in [1.54, 1.807) is 13.0 Å². The molecule has 0 aliphatic heterocycles. The molecule has 1 rings (SSSR count). The Kier molecular flexibility index (Phi) is 2.76. The van der Waals surface area contributed by atoms with Crippen molar-refractivity contribution >= 4 is 5.78 Å². The average molecular weight is 178 g/mol. The molecule has 1 heterocycles. The van der Waals surface area contributed by atoms with Crippen LogP contribution in [0, 0.1) is 19.8 Å². The van der Waals surface area contributed by atoms with Crippen molar-refractivity contribution in [3.8, 4) is 0 Å². The lowest BCUT2D eigenvalue weighted by atomic mass is 10.1. The lowest BCUT2D eigenvalue weighted by molar-refractivity contribution is 0.0934. The highest BCUT2D eigenvalue weighted by Crippen LogP contribution is 2.07. The minimum absolute atomic E-state index is 0.00583. The van der Waals surface area contributed by atoms with Crippen LogP contribution in [0.1, 0.15) is 35.9 Å². The number of rotatable bonds is 2. The third kappa shape index (κ3) is 2.34. The smallest absolute Gasteiger partial charge is 0.183 e. The van der Waals surface area contributed by atoms with Crippen molar-refractivity contribution in [1.29, 1.82) is 0 Å². The number of carbonyl (C=O) groups excluding carboxylic acids is 1. The summed E-state index contributed by atoms with van der Waals surface area (Å²) in [7, 11) is 0. The first kappa shape index (κ1) is 9.84. The van der Waals surface area contributed by atoms with Crippen LogP contribution in [0.25, 0.3) is 0 Å². The number of hydrogen-bond donors (Lipinski definition) is 0. The van der Waals surface area contributed by atoms with Crippen LogP contribution in [0.2, 0.25) is 0 Å². The van der Waals surface area contributed by atoms with Gasteiger partial charge in [0.05, 0.1) is 0 Å².